The number of Topliss-reactive ketones (excluding diaryl/α,β-unsaturated/α-hetero) is 1. The number of nitrogens with zero attached hydrogens (tertiary/aromatic N) is 1. The van der Waals surface area contributed by atoms with E-state index < -0.39 is 17.6 Å². The van der Waals surface area contributed by atoms with Crippen molar-refractivity contribution < 1.29 is 14.3 Å². The first-order valence-electron chi connectivity index (χ1n) is 5.30. The van der Waals surface area contributed by atoms with E-state index in [2.05, 4.69) is 5.92 Å². The number of carbonyl (C=O) groups excluding carboxylic acids is 2. The maximum absolute atomic E-state index is 11.7. The Kier molecular flexibility index (Phi) is 3.58. The zero-order chi connectivity index (χ0) is 12.3. The van der Waals surface area contributed by atoms with Crippen LogP contribution in [0.2, 0.25) is 0 Å². The number of hydrogen-bond acceptors (Lipinski definition) is 3. The molecule has 4 nitrogen and oxygen atoms in total. The monoisotopic (exact) mass is 223 g/mol. The SMILES string of the molecule is C#CC1CN(C(=O)OC(C)(C)C)CCC1=O. The highest BCUT2D eigenvalue weighted by atomic mass is 16.6. The highest BCUT2D eigenvalue weighted by Gasteiger charge is 2.30. The van der Waals surface area contributed by atoms with E-state index in [1.165, 1.54) is 4.90 Å². The average Bonchev–Trinajstić information content (AvgIpc) is 2.15. The maximum atomic E-state index is 11.7. The van der Waals surface area contributed by atoms with Gasteiger partial charge in [-0.25, -0.2) is 4.79 Å². The van der Waals surface area contributed by atoms with Crippen LogP contribution in [0.5, 0.6) is 0 Å². The predicted molar refractivity (Wildman–Crippen MR) is 59.8 cm³/mol. The van der Waals surface area contributed by atoms with Gasteiger partial charge in [0.1, 0.15) is 5.60 Å². The van der Waals surface area contributed by atoms with E-state index in [9.17, 15) is 9.59 Å². The number of piperidine rings is 1. The molecular weight excluding hydrogens is 206 g/mol. The van der Waals surface area contributed by atoms with E-state index in [-0.39, 0.29) is 12.3 Å². The van der Waals surface area contributed by atoms with E-state index in [4.69, 9.17) is 11.2 Å². The second-order valence-corrected chi connectivity index (χ2v) is 4.86. The molecule has 0 spiro atoms. The fourth-order valence-corrected chi connectivity index (χ4v) is 1.47. The van der Waals surface area contributed by atoms with Gasteiger partial charge in [-0.05, 0) is 20.8 Å². The summed E-state index contributed by atoms with van der Waals surface area (Å²) in [4.78, 5) is 24.6. The molecule has 0 aromatic carbocycles. The summed E-state index contributed by atoms with van der Waals surface area (Å²) in [7, 11) is 0. The van der Waals surface area contributed by atoms with Crippen molar-refractivity contribution >= 4 is 11.9 Å². The molecule has 0 aliphatic carbocycles. The van der Waals surface area contributed by atoms with Crippen molar-refractivity contribution in [3.8, 4) is 12.3 Å². The Balaban J connectivity index is 2.60. The van der Waals surface area contributed by atoms with E-state index in [0.29, 0.717) is 13.0 Å². The number of amides is 1. The van der Waals surface area contributed by atoms with Crippen molar-refractivity contribution in [1.82, 2.24) is 4.90 Å². The van der Waals surface area contributed by atoms with Crippen LogP contribution in [0.15, 0.2) is 0 Å². The first-order valence-corrected chi connectivity index (χ1v) is 5.30. The zero-order valence-electron chi connectivity index (χ0n) is 9.95. The molecule has 1 amide bonds. The van der Waals surface area contributed by atoms with Gasteiger partial charge in [0.2, 0.25) is 0 Å². The molecule has 1 fully saturated rings. The Bertz CT molecular complexity index is 335. The van der Waals surface area contributed by atoms with Crippen molar-refractivity contribution in [2.75, 3.05) is 13.1 Å². The second kappa shape index (κ2) is 4.56. The van der Waals surface area contributed by atoms with Gasteiger partial charge < -0.3 is 9.64 Å². The largest absolute Gasteiger partial charge is 0.444 e. The number of ether oxygens (including phenoxy) is 1. The zero-order valence-corrected chi connectivity index (χ0v) is 9.95. The molecule has 0 aromatic rings. The molecule has 1 heterocycles. The number of rotatable bonds is 0. The fraction of sp³-hybridized carbons (Fsp3) is 0.667. The highest BCUT2D eigenvalue weighted by Crippen LogP contribution is 2.16. The number of hydrogen-bond donors (Lipinski definition) is 0. The van der Waals surface area contributed by atoms with Crippen LogP contribution in [0.25, 0.3) is 0 Å². The van der Waals surface area contributed by atoms with Gasteiger partial charge in [0.25, 0.3) is 0 Å². The quantitative estimate of drug-likeness (QED) is 0.584. The Morgan fingerprint density at radius 3 is 2.69 bits per heavy atom. The van der Waals surface area contributed by atoms with Crippen molar-refractivity contribution in [3.05, 3.63) is 0 Å². The van der Waals surface area contributed by atoms with Gasteiger partial charge >= 0.3 is 6.09 Å². The van der Waals surface area contributed by atoms with Crippen LogP contribution in [0.4, 0.5) is 4.79 Å². The minimum atomic E-state index is -0.524. The minimum Gasteiger partial charge on any atom is -0.444 e. The fourth-order valence-electron chi connectivity index (χ4n) is 1.47. The van der Waals surface area contributed by atoms with Crippen molar-refractivity contribution in [3.63, 3.8) is 0 Å². The molecule has 0 radical (unpaired) electrons. The van der Waals surface area contributed by atoms with Crippen molar-refractivity contribution in [1.29, 1.82) is 0 Å². The molecule has 0 saturated carbocycles. The van der Waals surface area contributed by atoms with Crippen molar-refractivity contribution in [2.45, 2.75) is 32.8 Å². The molecule has 0 aromatic heterocycles. The molecule has 16 heavy (non-hydrogen) atoms. The van der Waals surface area contributed by atoms with Gasteiger partial charge in [-0.15, -0.1) is 6.42 Å². The van der Waals surface area contributed by atoms with Crippen LogP contribution in [-0.2, 0) is 9.53 Å². The summed E-state index contributed by atoms with van der Waals surface area (Å²) in [5.74, 6) is 1.95. The van der Waals surface area contributed by atoms with Crippen LogP contribution in [0.1, 0.15) is 27.2 Å². The van der Waals surface area contributed by atoms with E-state index in [1.807, 2.05) is 0 Å². The average molecular weight is 223 g/mol. The van der Waals surface area contributed by atoms with Crippen LogP contribution in [-0.4, -0.2) is 35.5 Å². The Morgan fingerprint density at radius 2 is 2.19 bits per heavy atom. The normalized spacial score (nSPS) is 21.5. The predicted octanol–water partition coefficient (Wildman–Crippen LogP) is 1.45. The third-order valence-corrected chi connectivity index (χ3v) is 2.27. The lowest BCUT2D eigenvalue weighted by Crippen LogP contribution is -2.45. The molecule has 1 rings (SSSR count). The number of ketones is 1. The topological polar surface area (TPSA) is 46.6 Å². The second-order valence-electron chi connectivity index (χ2n) is 4.86. The lowest BCUT2D eigenvalue weighted by atomic mass is 9.98. The van der Waals surface area contributed by atoms with E-state index in [1.54, 1.807) is 20.8 Å². The minimum absolute atomic E-state index is 0.0299. The summed E-state index contributed by atoms with van der Waals surface area (Å²) in [6, 6.07) is 0. The molecule has 1 saturated heterocycles. The number of terminal acetylenes is 1. The summed E-state index contributed by atoms with van der Waals surface area (Å²) >= 11 is 0. The van der Waals surface area contributed by atoms with Crippen molar-refractivity contribution in [2.24, 2.45) is 5.92 Å². The van der Waals surface area contributed by atoms with Crippen LogP contribution >= 0.6 is 0 Å². The van der Waals surface area contributed by atoms with Crippen LogP contribution in [0, 0.1) is 18.3 Å². The van der Waals surface area contributed by atoms with E-state index in [0.717, 1.165) is 0 Å². The Morgan fingerprint density at radius 1 is 1.56 bits per heavy atom. The third kappa shape index (κ3) is 3.27. The van der Waals surface area contributed by atoms with Crippen LogP contribution < -0.4 is 0 Å². The molecule has 1 atom stereocenters. The lowest BCUT2D eigenvalue weighted by Gasteiger charge is -2.31. The molecule has 0 bridgehead atoms. The summed E-state index contributed by atoms with van der Waals surface area (Å²) in [6.07, 6.45) is 5.14. The van der Waals surface area contributed by atoms with Gasteiger partial charge in [-0.3, -0.25) is 4.79 Å². The highest BCUT2D eigenvalue weighted by molar-refractivity contribution is 5.86. The number of likely N-dealkylation sites (tertiary alicyclic amines) is 1. The summed E-state index contributed by atoms with van der Waals surface area (Å²) in [6.45, 7) is 6.08. The Hall–Kier alpha value is -1.50. The molecule has 1 aliphatic rings. The molecule has 0 N–H and O–H groups in total. The van der Waals surface area contributed by atoms with Gasteiger partial charge in [-0.1, -0.05) is 5.92 Å². The molecule has 1 aliphatic heterocycles. The Labute approximate surface area is 95.9 Å². The summed E-state index contributed by atoms with van der Waals surface area (Å²) < 4.78 is 5.21. The molecular formula is C12H17NO3. The van der Waals surface area contributed by atoms with Gasteiger partial charge in [0, 0.05) is 19.5 Å². The summed E-state index contributed by atoms with van der Waals surface area (Å²) in [5, 5.41) is 0. The smallest absolute Gasteiger partial charge is 0.410 e. The number of carbonyl (C=O) groups is 2. The maximum Gasteiger partial charge on any atom is 0.410 e. The van der Waals surface area contributed by atoms with Gasteiger partial charge in [0.05, 0.1) is 5.92 Å². The molecule has 1 unspecified atom stereocenters. The third-order valence-electron chi connectivity index (χ3n) is 2.27. The van der Waals surface area contributed by atoms with Gasteiger partial charge in [0.15, 0.2) is 5.78 Å². The molecule has 4 heteroatoms. The first-order chi connectivity index (χ1) is 7.33. The lowest BCUT2D eigenvalue weighted by molar-refractivity contribution is -0.123. The van der Waals surface area contributed by atoms with Gasteiger partial charge in [-0.2, -0.15) is 0 Å². The standard InChI is InChI=1S/C12H17NO3/c1-5-9-8-13(7-6-10(9)14)11(15)16-12(2,3)4/h1,9H,6-8H2,2-4H3. The van der Waals surface area contributed by atoms with Crippen LogP contribution in [0.3, 0.4) is 0 Å². The van der Waals surface area contributed by atoms with E-state index >= 15 is 0 Å². The summed E-state index contributed by atoms with van der Waals surface area (Å²) in [5.41, 5.74) is -0.524. The molecule has 88 valence electrons. The first kappa shape index (κ1) is 12.6.